The third-order valence-electron chi connectivity index (χ3n) is 2.74. The van der Waals surface area contributed by atoms with Gasteiger partial charge in [-0.3, -0.25) is 4.79 Å². The number of aromatic nitrogens is 1. The number of fused-ring (bicyclic) bond motifs is 1. The predicted octanol–water partition coefficient (Wildman–Crippen LogP) is 3.30. The van der Waals surface area contributed by atoms with Crippen molar-refractivity contribution in [3.63, 3.8) is 0 Å². The Morgan fingerprint density at radius 1 is 1.50 bits per heavy atom. The van der Waals surface area contributed by atoms with Crippen LogP contribution in [-0.4, -0.2) is 10.9 Å². The lowest BCUT2D eigenvalue weighted by Gasteiger charge is -2.04. The van der Waals surface area contributed by atoms with Crippen molar-refractivity contribution < 1.29 is 4.79 Å². The Morgan fingerprint density at radius 2 is 2.12 bits per heavy atom. The first kappa shape index (κ1) is 11.5. The van der Waals surface area contributed by atoms with Gasteiger partial charge in [-0.05, 0) is 41.4 Å². The van der Waals surface area contributed by atoms with Gasteiger partial charge in [0.1, 0.15) is 0 Å². The van der Waals surface area contributed by atoms with E-state index in [9.17, 15) is 4.79 Å². The highest BCUT2D eigenvalue weighted by molar-refractivity contribution is 9.10. The molecule has 0 unspecified atom stereocenters. The number of hydrogen-bond donors (Lipinski definition) is 2. The number of halogens is 2. The molecule has 0 fully saturated rings. The minimum absolute atomic E-state index is 0.416. The molecule has 0 bridgehead atoms. The highest BCUT2D eigenvalue weighted by Crippen LogP contribution is 2.36. The molecule has 16 heavy (non-hydrogen) atoms. The van der Waals surface area contributed by atoms with Gasteiger partial charge in [-0.2, -0.15) is 0 Å². The number of rotatable bonds is 1. The van der Waals surface area contributed by atoms with Crippen LogP contribution in [-0.2, 0) is 0 Å². The molecule has 0 atom stereocenters. The molecule has 0 saturated carbocycles. The molecule has 2 aromatic rings. The van der Waals surface area contributed by atoms with Gasteiger partial charge >= 0.3 is 0 Å². The zero-order valence-corrected chi connectivity index (χ0v) is 11.2. The number of aryl methyl sites for hydroxylation is 2. The Kier molecular flexibility index (Phi) is 2.72. The van der Waals surface area contributed by atoms with Crippen molar-refractivity contribution in [2.45, 2.75) is 13.8 Å². The van der Waals surface area contributed by atoms with Crippen LogP contribution in [0.25, 0.3) is 10.9 Å². The molecule has 0 aliphatic rings. The molecule has 1 heterocycles. The highest BCUT2D eigenvalue weighted by Gasteiger charge is 2.17. The van der Waals surface area contributed by atoms with Gasteiger partial charge in [-0.1, -0.05) is 11.6 Å². The molecule has 3 N–H and O–H groups in total. The van der Waals surface area contributed by atoms with Gasteiger partial charge in [0.15, 0.2) is 0 Å². The summed E-state index contributed by atoms with van der Waals surface area (Å²) in [6.45, 7) is 3.92. The molecule has 84 valence electrons. The zero-order valence-electron chi connectivity index (χ0n) is 8.82. The van der Waals surface area contributed by atoms with Gasteiger partial charge in [-0.15, -0.1) is 0 Å². The molecular formula is C11H10BrClN2O. The van der Waals surface area contributed by atoms with Crippen molar-refractivity contribution in [2.24, 2.45) is 5.73 Å². The summed E-state index contributed by atoms with van der Waals surface area (Å²) in [5.41, 5.74) is 8.54. The molecule has 0 radical (unpaired) electrons. The number of carbonyl (C=O) groups is 1. The van der Waals surface area contributed by atoms with Crippen LogP contribution < -0.4 is 5.73 Å². The summed E-state index contributed by atoms with van der Waals surface area (Å²) in [4.78, 5) is 14.5. The van der Waals surface area contributed by atoms with Crippen LogP contribution in [0.15, 0.2) is 10.5 Å². The van der Waals surface area contributed by atoms with E-state index in [1.54, 1.807) is 6.07 Å². The normalized spacial score (nSPS) is 11.0. The van der Waals surface area contributed by atoms with Crippen LogP contribution in [0.2, 0.25) is 5.02 Å². The maximum Gasteiger partial charge on any atom is 0.250 e. The van der Waals surface area contributed by atoms with E-state index in [0.717, 1.165) is 26.6 Å². The largest absolute Gasteiger partial charge is 0.366 e. The molecular weight excluding hydrogens is 291 g/mol. The molecule has 3 nitrogen and oxygen atoms in total. The molecule has 0 aliphatic heterocycles. The number of primary amides is 1. The Bertz CT molecular complexity index is 604. The van der Waals surface area contributed by atoms with E-state index in [2.05, 4.69) is 20.9 Å². The number of H-pyrrole nitrogens is 1. The molecule has 1 aromatic carbocycles. The molecule has 1 amide bonds. The van der Waals surface area contributed by atoms with Gasteiger partial charge in [0.25, 0.3) is 5.91 Å². The predicted molar refractivity (Wildman–Crippen MR) is 69.0 cm³/mol. The van der Waals surface area contributed by atoms with Crippen LogP contribution in [0.4, 0.5) is 0 Å². The van der Waals surface area contributed by atoms with Crippen LogP contribution in [0.5, 0.6) is 0 Å². The second-order valence-corrected chi connectivity index (χ2v) is 4.91. The monoisotopic (exact) mass is 300 g/mol. The summed E-state index contributed by atoms with van der Waals surface area (Å²) >= 11 is 9.47. The zero-order chi connectivity index (χ0) is 12.0. The second kappa shape index (κ2) is 3.79. The minimum atomic E-state index is -0.486. The van der Waals surface area contributed by atoms with Crippen molar-refractivity contribution in [2.75, 3.05) is 0 Å². The fraction of sp³-hybridized carbons (Fsp3) is 0.182. The van der Waals surface area contributed by atoms with Gasteiger partial charge < -0.3 is 10.7 Å². The third-order valence-corrected chi connectivity index (χ3v) is 4.09. The number of carbonyl (C=O) groups excluding carboxylic acids is 1. The molecule has 0 saturated heterocycles. The van der Waals surface area contributed by atoms with E-state index >= 15 is 0 Å². The van der Waals surface area contributed by atoms with Crippen molar-refractivity contribution in [1.82, 2.24) is 4.98 Å². The van der Waals surface area contributed by atoms with E-state index in [4.69, 9.17) is 17.3 Å². The van der Waals surface area contributed by atoms with Gasteiger partial charge in [0.05, 0.1) is 16.1 Å². The van der Waals surface area contributed by atoms with Crippen LogP contribution in [0.3, 0.4) is 0 Å². The van der Waals surface area contributed by atoms with E-state index in [-0.39, 0.29) is 0 Å². The molecule has 0 aliphatic carbocycles. The maximum absolute atomic E-state index is 11.3. The van der Waals surface area contributed by atoms with Gasteiger partial charge in [0, 0.05) is 15.6 Å². The fourth-order valence-corrected chi connectivity index (χ4v) is 2.58. The fourth-order valence-electron chi connectivity index (χ4n) is 1.77. The highest BCUT2D eigenvalue weighted by atomic mass is 79.9. The lowest BCUT2D eigenvalue weighted by atomic mass is 10.1. The molecule has 2 rings (SSSR count). The average Bonchev–Trinajstić information content (AvgIpc) is 2.49. The van der Waals surface area contributed by atoms with Crippen LogP contribution in [0.1, 0.15) is 21.6 Å². The summed E-state index contributed by atoms with van der Waals surface area (Å²) in [5.74, 6) is -0.486. The van der Waals surface area contributed by atoms with Crippen molar-refractivity contribution in [3.05, 3.63) is 32.4 Å². The number of nitrogens with two attached hydrogens (primary N) is 1. The summed E-state index contributed by atoms with van der Waals surface area (Å²) < 4.78 is 0.788. The Hall–Kier alpha value is -1.000. The van der Waals surface area contributed by atoms with Gasteiger partial charge in [0.2, 0.25) is 0 Å². The minimum Gasteiger partial charge on any atom is -0.366 e. The van der Waals surface area contributed by atoms with Crippen molar-refractivity contribution in [1.29, 1.82) is 0 Å². The van der Waals surface area contributed by atoms with E-state index in [1.165, 1.54) is 0 Å². The summed E-state index contributed by atoms with van der Waals surface area (Å²) in [5, 5.41) is 1.40. The number of amides is 1. The van der Waals surface area contributed by atoms with E-state index < -0.39 is 5.91 Å². The Morgan fingerprint density at radius 3 is 2.69 bits per heavy atom. The first-order chi connectivity index (χ1) is 7.43. The van der Waals surface area contributed by atoms with E-state index in [1.807, 2.05) is 13.8 Å². The number of benzene rings is 1. The molecule has 1 aromatic heterocycles. The molecule has 5 heteroatoms. The topological polar surface area (TPSA) is 58.9 Å². The lowest BCUT2D eigenvalue weighted by Crippen LogP contribution is -2.11. The summed E-state index contributed by atoms with van der Waals surface area (Å²) in [6.07, 6.45) is 0. The SMILES string of the molecule is Cc1[nH]c2c(C(N)=O)cc(Cl)c(Br)c2c1C. The average molecular weight is 302 g/mol. The van der Waals surface area contributed by atoms with E-state index in [0.29, 0.717) is 10.6 Å². The van der Waals surface area contributed by atoms with Crippen molar-refractivity contribution in [3.8, 4) is 0 Å². The summed E-state index contributed by atoms with van der Waals surface area (Å²) in [7, 11) is 0. The Balaban J connectivity index is 3.01. The quantitative estimate of drug-likeness (QED) is 0.834. The first-order valence-corrected chi connectivity index (χ1v) is 5.87. The number of hydrogen-bond acceptors (Lipinski definition) is 1. The van der Waals surface area contributed by atoms with Crippen LogP contribution >= 0.6 is 27.5 Å². The first-order valence-electron chi connectivity index (χ1n) is 4.70. The smallest absolute Gasteiger partial charge is 0.250 e. The van der Waals surface area contributed by atoms with Gasteiger partial charge in [-0.25, -0.2) is 0 Å². The Labute approximate surface area is 106 Å². The third kappa shape index (κ3) is 1.53. The van der Waals surface area contributed by atoms with Crippen LogP contribution in [0, 0.1) is 13.8 Å². The maximum atomic E-state index is 11.3. The van der Waals surface area contributed by atoms with Crippen molar-refractivity contribution >= 4 is 44.3 Å². The standard InChI is InChI=1S/C11H10BrClN2O/c1-4-5(2)15-10-6(11(14)16)3-7(13)9(12)8(4)10/h3,15H,1-2H3,(H2,14,16). The molecule has 0 spiro atoms. The summed E-state index contributed by atoms with van der Waals surface area (Å²) in [6, 6.07) is 1.58. The second-order valence-electron chi connectivity index (χ2n) is 3.71. The lowest BCUT2D eigenvalue weighted by molar-refractivity contribution is 0.100. The number of nitrogens with one attached hydrogen (secondary N) is 1. The number of aromatic amines is 1.